The molecule has 90 valence electrons. The van der Waals surface area contributed by atoms with Crippen molar-refractivity contribution in [1.82, 2.24) is 9.80 Å². The SMILES string of the molecule is O=CN1CCN(C(=O)C2(CO)COC2)CC1. The number of aliphatic hydroxyl groups is 1. The van der Waals surface area contributed by atoms with Crippen molar-refractivity contribution in [2.24, 2.45) is 5.41 Å². The predicted molar refractivity (Wildman–Crippen MR) is 54.6 cm³/mol. The van der Waals surface area contributed by atoms with Crippen molar-refractivity contribution in [1.29, 1.82) is 0 Å². The average Bonchev–Trinajstić information content (AvgIpc) is 2.28. The van der Waals surface area contributed by atoms with Crippen LogP contribution in [0.15, 0.2) is 0 Å². The second kappa shape index (κ2) is 4.39. The van der Waals surface area contributed by atoms with Crippen LogP contribution in [-0.2, 0) is 14.3 Å². The molecule has 0 atom stereocenters. The highest BCUT2D eigenvalue weighted by Crippen LogP contribution is 2.29. The molecular weight excluding hydrogens is 212 g/mol. The van der Waals surface area contributed by atoms with Gasteiger partial charge in [-0.2, -0.15) is 0 Å². The first kappa shape index (κ1) is 11.3. The summed E-state index contributed by atoms with van der Waals surface area (Å²) in [5.74, 6) is -0.0493. The summed E-state index contributed by atoms with van der Waals surface area (Å²) in [5, 5.41) is 9.24. The zero-order valence-corrected chi connectivity index (χ0v) is 9.09. The fourth-order valence-corrected chi connectivity index (χ4v) is 2.00. The van der Waals surface area contributed by atoms with E-state index >= 15 is 0 Å². The maximum atomic E-state index is 12.1. The summed E-state index contributed by atoms with van der Waals surface area (Å²) in [4.78, 5) is 26.0. The minimum absolute atomic E-state index is 0.0493. The number of carbonyl (C=O) groups excluding carboxylic acids is 2. The first-order valence-corrected chi connectivity index (χ1v) is 5.39. The van der Waals surface area contributed by atoms with Gasteiger partial charge in [0.1, 0.15) is 5.41 Å². The van der Waals surface area contributed by atoms with Crippen molar-refractivity contribution in [3.8, 4) is 0 Å². The molecule has 2 aliphatic rings. The molecule has 0 radical (unpaired) electrons. The second-order valence-corrected chi connectivity index (χ2v) is 4.36. The van der Waals surface area contributed by atoms with Crippen LogP contribution in [0.2, 0.25) is 0 Å². The lowest BCUT2D eigenvalue weighted by Gasteiger charge is -2.43. The van der Waals surface area contributed by atoms with Crippen LogP contribution < -0.4 is 0 Å². The first-order chi connectivity index (χ1) is 7.72. The van der Waals surface area contributed by atoms with E-state index in [-0.39, 0.29) is 12.5 Å². The second-order valence-electron chi connectivity index (χ2n) is 4.36. The van der Waals surface area contributed by atoms with Gasteiger partial charge in [0.15, 0.2) is 0 Å². The molecular formula is C10H16N2O4. The van der Waals surface area contributed by atoms with Crippen molar-refractivity contribution in [3.63, 3.8) is 0 Å². The maximum Gasteiger partial charge on any atom is 0.235 e. The molecule has 0 aromatic rings. The molecule has 16 heavy (non-hydrogen) atoms. The molecule has 1 N–H and O–H groups in total. The summed E-state index contributed by atoms with van der Waals surface area (Å²) in [6, 6.07) is 0. The monoisotopic (exact) mass is 228 g/mol. The highest BCUT2D eigenvalue weighted by molar-refractivity contribution is 5.84. The number of ether oxygens (including phenoxy) is 1. The Kier molecular flexibility index (Phi) is 3.11. The fourth-order valence-electron chi connectivity index (χ4n) is 2.00. The summed E-state index contributed by atoms with van der Waals surface area (Å²) < 4.78 is 5.01. The van der Waals surface area contributed by atoms with Gasteiger partial charge in [0.05, 0.1) is 19.8 Å². The molecule has 2 saturated heterocycles. The van der Waals surface area contributed by atoms with E-state index in [2.05, 4.69) is 0 Å². The van der Waals surface area contributed by atoms with Crippen LogP contribution in [0, 0.1) is 5.41 Å². The third-order valence-electron chi connectivity index (χ3n) is 3.26. The molecule has 2 fully saturated rings. The molecule has 2 rings (SSSR count). The van der Waals surface area contributed by atoms with Crippen molar-refractivity contribution in [2.75, 3.05) is 46.0 Å². The quantitative estimate of drug-likeness (QED) is 0.584. The summed E-state index contributed by atoms with van der Waals surface area (Å²) in [7, 11) is 0. The van der Waals surface area contributed by atoms with Gasteiger partial charge in [-0.05, 0) is 0 Å². The van der Waals surface area contributed by atoms with Gasteiger partial charge in [-0.3, -0.25) is 9.59 Å². The molecule has 0 spiro atoms. The Balaban J connectivity index is 1.93. The normalized spacial score (nSPS) is 23.8. The molecule has 6 nitrogen and oxygen atoms in total. The number of carbonyl (C=O) groups is 2. The minimum atomic E-state index is -0.719. The van der Waals surface area contributed by atoms with Gasteiger partial charge < -0.3 is 19.6 Å². The molecule has 2 amide bonds. The Morgan fingerprint density at radius 2 is 1.94 bits per heavy atom. The molecule has 0 bridgehead atoms. The van der Waals surface area contributed by atoms with E-state index in [4.69, 9.17) is 4.74 Å². The highest BCUT2D eigenvalue weighted by atomic mass is 16.5. The van der Waals surface area contributed by atoms with Crippen molar-refractivity contribution in [3.05, 3.63) is 0 Å². The Morgan fingerprint density at radius 1 is 1.31 bits per heavy atom. The van der Waals surface area contributed by atoms with Crippen LogP contribution in [0.25, 0.3) is 0 Å². The van der Waals surface area contributed by atoms with E-state index in [0.29, 0.717) is 39.4 Å². The Morgan fingerprint density at radius 3 is 2.31 bits per heavy atom. The highest BCUT2D eigenvalue weighted by Gasteiger charge is 2.47. The van der Waals surface area contributed by atoms with Gasteiger partial charge in [0, 0.05) is 26.2 Å². The average molecular weight is 228 g/mol. The van der Waals surface area contributed by atoms with Crippen molar-refractivity contribution >= 4 is 12.3 Å². The third-order valence-corrected chi connectivity index (χ3v) is 3.26. The number of hydrogen-bond acceptors (Lipinski definition) is 4. The molecule has 0 aromatic heterocycles. The van der Waals surface area contributed by atoms with E-state index in [9.17, 15) is 14.7 Å². The van der Waals surface area contributed by atoms with E-state index < -0.39 is 5.41 Å². The van der Waals surface area contributed by atoms with Gasteiger partial charge in [0.2, 0.25) is 12.3 Å². The minimum Gasteiger partial charge on any atom is -0.395 e. The van der Waals surface area contributed by atoms with E-state index in [1.807, 2.05) is 0 Å². The smallest absolute Gasteiger partial charge is 0.235 e. The molecule has 0 aromatic carbocycles. The zero-order chi connectivity index (χ0) is 11.6. The Hall–Kier alpha value is -1.14. The fraction of sp³-hybridized carbons (Fsp3) is 0.800. The zero-order valence-electron chi connectivity index (χ0n) is 9.09. The molecule has 6 heteroatoms. The van der Waals surface area contributed by atoms with Crippen LogP contribution in [-0.4, -0.2) is 73.2 Å². The lowest BCUT2D eigenvalue weighted by atomic mass is 9.85. The standard InChI is InChI=1S/C10H16N2O4/c13-5-10(6-16-7-10)9(15)12-3-1-11(8-14)2-4-12/h8,13H,1-7H2. The third kappa shape index (κ3) is 1.78. The van der Waals surface area contributed by atoms with Crippen molar-refractivity contribution < 1.29 is 19.4 Å². The largest absolute Gasteiger partial charge is 0.395 e. The number of hydrogen-bond donors (Lipinski definition) is 1. The predicted octanol–water partition coefficient (Wildman–Crippen LogP) is -1.70. The number of aliphatic hydroxyl groups excluding tert-OH is 1. The van der Waals surface area contributed by atoms with E-state index in [0.717, 1.165) is 6.41 Å². The van der Waals surface area contributed by atoms with Crippen LogP contribution in [0.4, 0.5) is 0 Å². The number of rotatable bonds is 3. The molecule has 2 heterocycles. The number of amides is 2. The number of piperazine rings is 1. The lowest BCUT2D eigenvalue weighted by molar-refractivity contribution is -0.182. The maximum absolute atomic E-state index is 12.1. The van der Waals surface area contributed by atoms with Crippen LogP contribution in [0.1, 0.15) is 0 Å². The van der Waals surface area contributed by atoms with Crippen LogP contribution in [0.5, 0.6) is 0 Å². The summed E-state index contributed by atoms with van der Waals surface area (Å²) in [5.41, 5.74) is -0.719. The van der Waals surface area contributed by atoms with Gasteiger partial charge in [0.25, 0.3) is 0 Å². The van der Waals surface area contributed by atoms with Crippen LogP contribution >= 0.6 is 0 Å². The van der Waals surface area contributed by atoms with Gasteiger partial charge in [-0.25, -0.2) is 0 Å². The molecule has 0 aliphatic carbocycles. The van der Waals surface area contributed by atoms with Crippen LogP contribution in [0.3, 0.4) is 0 Å². The molecule has 0 unspecified atom stereocenters. The summed E-state index contributed by atoms with van der Waals surface area (Å²) >= 11 is 0. The Bertz CT molecular complexity index is 277. The van der Waals surface area contributed by atoms with Gasteiger partial charge >= 0.3 is 0 Å². The topological polar surface area (TPSA) is 70.1 Å². The molecule has 0 saturated carbocycles. The first-order valence-electron chi connectivity index (χ1n) is 5.39. The Labute approximate surface area is 93.8 Å². The van der Waals surface area contributed by atoms with Crippen molar-refractivity contribution in [2.45, 2.75) is 0 Å². The van der Waals surface area contributed by atoms with Gasteiger partial charge in [-0.15, -0.1) is 0 Å². The summed E-state index contributed by atoms with van der Waals surface area (Å²) in [6.07, 6.45) is 0.802. The molecule has 2 aliphatic heterocycles. The van der Waals surface area contributed by atoms with E-state index in [1.165, 1.54) is 0 Å². The van der Waals surface area contributed by atoms with E-state index in [1.54, 1.807) is 9.80 Å². The summed E-state index contributed by atoms with van der Waals surface area (Å²) in [6.45, 7) is 2.65. The van der Waals surface area contributed by atoms with Gasteiger partial charge in [-0.1, -0.05) is 0 Å². The lowest BCUT2D eigenvalue weighted by Crippen LogP contribution is -2.60. The number of nitrogens with zero attached hydrogens (tertiary/aromatic N) is 2.